The Morgan fingerprint density at radius 3 is 1.96 bits per heavy atom. The van der Waals surface area contributed by atoms with Crippen LogP contribution >= 0.6 is 0 Å². The maximum atomic E-state index is 9.10. The van der Waals surface area contributed by atoms with Gasteiger partial charge >= 0.3 is 11.9 Å². The molecule has 0 aliphatic carbocycles. The van der Waals surface area contributed by atoms with E-state index in [-0.39, 0.29) is 11.5 Å². The lowest BCUT2D eigenvalue weighted by atomic mass is 9.86. The summed E-state index contributed by atoms with van der Waals surface area (Å²) in [5.74, 6) is -2.70. The van der Waals surface area contributed by atoms with Crippen molar-refractivity contribution in [2.45, 2.75) is 38.7 Å². The van der Waals surface area contributed by atoms with Crippen molar-refractivity contribution in [2.75, 3.05) is 6.54 Å². The highest BCUT2D eigenvalue weighted by molar-refractivity contribution is 6.27. The number of hydrogen-bond donors (Lipinski definition) is 3. The summed E-state index contributed by atoms with van der Waals surface area (Å²) in [6, 6.07) is 18.6. The standard InChI is InChI=1S/C19H25NO.C2H2O4/c1-19(2,3)16-11-7-8-12-18(16)21-17(13-14-20)15-9-5-4-6-10-15;3-1(4)2(5)6/h4-12,17H,13-14,20H2,1-3H3;(H,3,4)(H,5,6). The summed E-state index contributed by atoms with van der Waals surface area (Å²) >= 11 is 0. The maximum absolute atomic E-state index is 9.10. The third-order valence-corrected chi connectivity index (χ3v) is 3.75. The number of carboxylic acid groups (broad SMARTS) is 2. The first-order valence-corrected chi connectivity index (χ1v) is 8.64. The molecule has 2 rings (SSSR count). The Bertz CT molecular complexity index is 726. The highest BCUT2D eigenvalue weighted by Gasteiger charge is 2.21. The van der Waals surface area contributed by atoms with Gasteiger partial charge in [-0.1, -0.05) is 69.3 Å². The molecule has 0 aliphatic rings. The van der Waals surface area contributed by atoms with Crippen molar-refractivity contribution in [3.63, 3.8) is 0 Å². The zero-order valence-corrected chi connectivity index (χ0v) is 15.9. The van der Waals surface area contributed by atoms with E-state index in [1.807, 2.05) is 30.3 Å². The third-order valence-electron chi connectivity index (χ3n) is 3.75. The van der Waals surface area contributed by atoms with E-state index in [0.717, 1.165) is 12.2 Å². The van der Waals surface area contributed by atoms with Gasteiger partial charge in [0.15, 0.2) is 0 Å². The van der Waals surface area contributed by atoms with Gasteiger partial charge in [0.05, 0.1) is 0 Å². The molecule has 1 atom stereocenters. The van der Waals surface area contributed by atoms with Crippen molar-refractivity contribution in [1.82, 2.24) is 0 Å². The maximum Gasteiger partial charge on any atom is 0.414 e. The van der Waals surface area contributed by atoms with Crippen molar-refractivity contribution < 1.29 is 24.5 Å². The van der Waals surface area contributed by atoms with Crippen LogP contribution in [0.5, 0.6) is 5.75 Å². The molecule has 0 heterocycles. The second kappa shape index (κ2) is 10.3. The number of rotatable bonds is 5. The molecule has 27 heavy (non-hydrogen) atoms. The van der Waals surface area contributed by atoms with Crippen molar-refractivity contribution in [3.05, 3.63) is 65.7 Å². The van der Waals surface area contributed by atoms with E-state index in [4.69, 9.17) is 30.3 Å². The van der Waals surface area contributed by atoms with Crippen molar-refractivity contribution in [3.8, 4) is 5.75 Å². The predicted octanol–water partition coefficient (Wildman–Crippen LogP) is 3.61. The smallest absolute Gasteiger partial charge is 0.414 e. The van der Waals surface area contributed by atoms with Crippen molar-refractivity contribution in [2.24, 2.45) is 5.73 Å². The number of para-hydroxylation sites is 1. The van der Waals surface area contributed by atoms with Gasteiger partial charge in [-0.2, -0.15) is 0 Å². The first-order chi connectivity index (χ1) is 12.7. The molecule has 146 valence electrons. The molecule has 4 N–H and O–H groups in total. The largest absolute Gasteiger partial charge is 0.485 e. The minimum atomic E-state index is -1.82. The van der Waals surface area contributed by atoms with Crippen LogP contribution < -0.4 is 10.5 Å². The Kier molecular flexibility index (Phi) is 8.48. The zero-order chi connectivity index (χ0) is 20.4. The molecule has 6 nitrogen and oxygen atoms in total. The van der Waals surface area contributed by atoms with Gasteiger partial charge in [0.1, 0.15) is 11.9 Å². The average Bonchev–Trinajstić information content (AvgIpc) is 2.62. The van der Waals surface area contributed by atoms with Gasteiger partial charge in [-0.05, 0) is 29.2 Å². The lowest BCUT2D eigenvalue weighted by Crippen LogP contribution is -2.17. The highest BCUT2D eigenvalue weighted by atomic mass is 16.5. The second-order valence-corrected chi connectivity index (χ2v) is 6.95. The van der Waals surface area contributed by atoms with Crippen molar-refractivity contribution in [1.29, 1.82) is 0 Å². The molecule has 0 saturated carbocycles. The highest BCUT2D eigenvalue weighted by Crippen LogP contribution is 2.34. The summed E-state index contributed by atoms with van der Waals surface area (Å²) in [7, 11) is 0. The zero-order valence-electron chi connectivity index (χ0n) is 15.9. The molecule has 0 bridgehead atoms. The van der Waals surface area contributed by atoms with E-state index in [0.29, 0.717) is 6.54 Å². The van der Waals surface area contributed by atoms with Crippen LogP contribution in [-0.2, 0) is 15.0 Å². The number of carbonyl (C=O) groups is 2. The summed E-state index contributed by atoms with van der Waals surface area (Å²) < 4.78 is 6.32. The predicted molar refractivity (Wildman–Crippen MR) is 104 cm³/mol. The van der Waals surface area contributed by atoms with Crippen LogP contribution in [0, 0.1) is 0 Å². The van der Waals surface area contributed by atoms with Gasteiger partial charge in [0, 0.05) is 6.42 Å². The number of hydrogen-bond acceptors (Lipinski definition) is 4. The molecule has 0 fully saturated rings. The molecule has 0 radical (unpaired) electrons. The van der Waals surface area contributed by atoms with Crippen LogP contribution in [0.15, 0.2) is 54.6 Å². The minimum absolute atomic E-state index is 0.000278. The van der Waals surface area contributed by atoms with Crippen LogP contribution in [-0.4, -0.2) is 28.7 Å². The Balaban J connectivity index is 0.000000527. The normalized spacial score (nSPS) is 11.7. The molecule has 0 amide bonds. The molecule has 2 aromatic rings. The quantitative estimate of drug-likeness (QED) is 0.691. The Hall–Kier alpha value is -2.86. The fraction of sp³-hybridized carbons (Fsp3) is 0.333. The summed E-state index contributed by atoms with van der Waals surface area (Å²) in [6.07, 6.45) is 0.808. The lowest BCUT2D eigenvalue weighted by Gasteiger charge is -2.26. The van der Waals surface area contributed by atoms with Crippen LogP contribution in [0.4, 0.5) is 0 Å². The van der Waals surface area contributed by atoms with E-state index >= 15 is 0 Å². The molecule has 0 aliphatic heterocycles. The second-order valence-electron chi connectivity index (χ2n) is 6.95. The fourth-order valence-electron chi connectivity index (χ4n) is 2.45. The monoisotopic (exact) mass is 373 g/mol. The van der Waals surface area contributed by atoms with Gasteiger partial charge in [0.25, 0.3) is 0 Å². The topological polar surface area (TPSA) is 110 Å². The lowest BCUT2D eigenvalue weighted by molar-refractivity contribution is -0.159. The van der Waals surface area contributed by atoms with E-state index < -0.39 is 11.9 Å². The summed E-state index contributed by atoms with van der Waals surface area (Å²) in [5.41, 5.74) is 8.22. The third kappa shape index (κ3) is 7.50. The van der Waals surface area contributed by atoms with E-state index in [9.17, 15) is 0 Å². The molecule has 6 heteroatoms. The Morgan fingerprint density at radius 2 is 1.48 bits per heavy atom. The van der Waals surface area contributed by atoms with Gasteiger partial charge in [-0.15, -0.1) is 0 Å². The fourth-order valence-corrected chi connectivity index (χ4v) is 2.45. The first kappa shape index (κ1) is 22.2. The average molecular weight is 373 g/mol. The number of carboxylic acids is 2. The van der Waals surface area contributed by atoms with Crippen LogP contribution in [0.2, 0.25) is 0 Å². The molecule has 0 spiro atoms. The summed E-state index contributed by atoms with van der Waals surface area (Å²) in [4.78, 5) is 18.2. The van der Waals surface area contributed by atoms with Crippen LogP contribution in [0.3, 0.4) is 0 Å². The number of nitrogens with two attached hydrogens (primary N) is 1. The molecule has 1 unspecified atom stereocenters. The van der Waals surface area contributed by atoms with E-state index in [1.54, 1.807) is 0 Å². The molecule has 0 saturated heterocycles. The molecular weight excluding hydrogens is 346 g/mol. The molecule has 0 aromatic heterocycles. The minimum Gasteiger partial charge on any atom is -0.485 e. The number of benzene rings is 2. The molecule has 2 aromatic carbocycles. The van der Waals surface area contributed by atoms with Gasteiger partial charge in [-0.3, -0.25) is 0 Å². The Labute approximate surface area is 159 Å². The van der Waals surface area contributed by atoms with Gasteiger partial charge in [0.2, 0.25) is 0 Å². The number of ether oxygens (including phenoxy) is 1. The van der Waals surface area contributed by atoms with E-state index in [1.165, 1.54) is 11.1 Å². The summed E-state index contributed by atoms with van der Waals surface area (Å²) in [5, 5.41) is 14.8. The SMILES string of the molecule is CC(C)(C)c1ccccc1OC(CCN)c1ccccc1.O=C(O)C(=O)O. The summed E-state index contributed by atoms with van der Waals surface area (Å²) in [6.45, 7) is 7.22. The van der Waals surface area contributed by atoms with Gasteiger partial charge < -0.3 is 20.7 Å². The van der Waals surface area contributed by atoms with Crippen LogP contribution in [0.1, 0.15) is 44.4 Å². The van der Waals surface area contributed by atoms with Gasteiger partial charge in [-0.25, -0.2) is 9.59 Å². The molecular formula is C21H27NO5. The first-order valence-electron chi connectivity index (χ1n) is 8.64. The number of aliphatic carboxylic acids is 2. The van der Waals surface area contributed by atoms with Crippen molar-refractivity contribution >= 4 is 11.9 Å². The Morgan fingerprint density at radius 1 is 0.963 bits per heavy atom. The van der Waals surface area contributed by atoms with E-state index in [2.05, 4.69) is 45.0 Å². The van der Waals surface area contributed by atoms with Crippen LogP contribution in [0.25, 0.3) is 0 Å².